The fourth-order valence-electron chi connectivity index (χ4n) is 2.74. The van der Waals surface area contributed by atoms with E-state index in [0.717, 1.165) is 6.07 Å². The molecule has 0 bridgehead atoms. The van der Waals surface area contributed by atoms with E-state index in [2.05, 4.69) is 9.97 Å². The number of para-hydroxylation sites is 1. The third-order valence-electron chi connectivity index (χ3n) is 4.13. The molecule has 146 valence electrons. The Hall–Kier alpha value is -3.24. The van der Waals surface area contributed by atoms with Crippen LogP contribution < -0.4 is 15.4 Å². The summed E-state index contributed by atoms with van der Waals surface area (Å²) in [6.45, 7) is 0.00165. The van der Waals surface area contributed by atoms with Crippen molar-refractivity contribution in [1.82, 2.24) is 14.9 Å². The molecule has 0 radical (unpaired) electrons. The quantitative estimate of drug-likeness (QED) is 0.649. The number of carbonyl (C=O) groups excluding carboxylic acids is 1. The zero-order valence-corrected chi connectivity index (χ0v) is 16.0. The van der Waals surface area contributed by atoms with E-state index in [-0.39, 0.29) is 28.3 Å². The molecule has 3 rings (SSSR count). The van der Waals surface area contributed by atoms with Gasteiger partial charge in [-0.3, -0.25) is 9.59 Å². The summed E-state index contributed by atoms with van der Waals surface area (Å²) < 4.78 is 28.3. The minimum atomic E-state index is -3.98. The number of aromatic amines is 1. The van der Waals surface area contributed by atoms with Crippen molar-refractivity contribution in [2.75, 3.05) is 14.2 Å². The Morgan fingerprint density at radius 2 is 1.96 bits per heavy atom. The molecule has 3 aromatic rings. The molecule has 0 fully saturated rings. The zero-order valence-electron chi connectivity index (χ0n) is 15.2. The number of aromatic nitrogens is 2. The first-order chi connectivity index (χ1) is 13.2. The summed E-state index contributed by atoms with van der Waals surface area (Å²) in [6, 6.07) is 10.6. The summed E-state index contributed by atoms with van der Waals surface area (Å²) in [6.07, 6.45) is 0. The van der Waals surface area contributed by atoms with Crippen molar-refractivity contribution in [2.24, 2.45) is 5.14 Å². The highest BCUT2D eigenvalue weighted by atomic mass is 32.2. The number of hydrogen-bond acceptors (Lipinski definition) is 6. The Labute approximate surface area is 160 Å². The van der Waals surface area contributed by atoms with Crippen LogP contribution in [0, 0.1) is 0 Å². The summed E-state index contributed by atoms with van der Waals surface area (Å²) in [5, 5.41) is 5.59. The molecule has 0 aliphatic heterocycles. The van der Waals surface area contributed by atoms with Crippen molar-refractivity contribution >= 4 is 26.8 Å². The van der Waals surface area contributed by atoms with Crippen LogP contribution in [0.1, 0.15) is 16.2 Å². The number of primary sulfonamides is 1. The largest absolute Gasteiger partial charge is 0.496 e. The first-order valence-corrected chi connectivity index (χ1v) is 9.69. The third kappa shape index (κ3) is 3.87. The van der Waals surface area contributed by atoms with Crippen LogP contribution in [0.2, 0.25) is 0 Å². The highest BCUT2D eigenvalue weighted by molar-refractivity contribution is 7.89. The van der Waals surface area contributed by atoms with E-state index < -0.39 is 15.9 Å². The highest BCUT2D eigenvalue weighted by Gasteiger charge is 2.21. The second kappa shape index (κ2) is 7.41. The predicted molar refractivity (Wildman–Crippen MR) is 103 cm³/mol. The standard InChI is InChI=1S/C18H18N4O5S/c1-22(10-16-20-14-6-4-3-5-12(14)17(23)21-16)18(24)13-9-11(28(19,25)26)7-8-15(13)27-2/h3-9H,10H2,1-2H3,(H2,19,25,26)(H,20,21,23). The number of nitrogens with zero attached hydrogens (tertiary/aromatic N) is 2. The average molecular weight is 402 g/mol. The van der Waals surface area contributed by atoms with Crippen molar-refractivity contribution in [2.45, 2.75) is 11.4 Å². The van der Waals surface area contributed by atoms with Crippen LogP contribution in [0.25, 0.3) is 10.9 Å². The molecule has 28 heavy (non-hydrogen) atoms. The Bertz CT molecular complexity index is 1220. The normalized spacial score (nSPS) is 11.4. The maximum absolute atomic E-state index is 12.8. The van der Waals surface area contributed by atoms with Crippen molar-refractivity contribution in [1.29, 1.82) is 0 Å². The molecule has 0 spiro atoms. The van der Waals surface area contributed by atoms with Crippen LogP contribution in [0.15, 0.2) is 52.2 Å². The Morgan fingerprint density at radius 3 is 2.64 bits per heavy atom. The Morgan fingerprint density at radius 1 is 1.25 bits per heavy atom. The molecule has 0 saturated heterocycles. The predicted octanol–water partition coefficient (Wildman–Crippen LogP) is 0.851. The van der Waals surface area contributed by atoms with Gasteiger partial charge in [-0.1, -0.05) is 12.1 Å². The topological polar surface area (TPSA) is 135 Å². The van der Waals surface area contributed by atoms with Gasteiger partial charge in [-0.2, -0.15) is 0 Å². The molecule has 1 amide bonds. The van der Waals surface area contributed by atoms with E-state index in [1.807, 2.05) is 0 Å². The second-order valence-electron chi connectivity index (χ2n) is 6.10. The van der Waals surface area contributed by atoms with E-state index >= 15 is 0 Å². The Balaban J connectivity index is 1.94. The minimum absolute atomic E-state index is 0.00165. The summed E-state index contributed by atoms with van der Waals surface area (Å²) in [7, 11) is -1.12. The van der Waals surface area contributed by atoms with Crippen molar-refractivity contribution < 1.29 is 17.9 Å². The van der Waals surface area contributed by atoms with Gasteiger partial charge in [0.1, 0.15) is 11.6 Å². The molecule has 3 N–H and O–H groups in total. The number of methoxy groups -OCH3 is 1. The first-order valence-electron chi connectivity index (χ1n) is 8.15. The molecule has 0 aliphatic carbocycles. The molecule has 0 saturated carbocycles. The lowest BCUT2D eigenvalue weighted by Crippen LogP contribution is -2.29. The van der Waals surface area contributed by atoms with Gasteiger partial charge in [0.15, 0.2) is 0 Å². The van der Waals surface area contributed by atoms with E-state index in [4.69, 9.17) is 9.88 Å². The molecule has 1 aromatic heterocycles. The van der Waals surface area contributed by atoms with Crippen LogP contribution in [-0.2, 0) is 16.6 Å². The number of H-pyrrole nitrogens is 1. The lowest BCUT2D eigenvalue weighted by molar-refractivity contribution is 0.0778. The monoisotopic (exact) mass is 402 g/mol. The van der Waals surface area contributed by atoms with Gasteiger partial charge in [0, 0.05) is 7.05 Å². The van der Waals surface area contributed by atoms with Crippen molar-refractivity contribution in [3.05, 3.63) is 64.2 Å². The molecule has 10 heteroatoms. The number of nitrogens with one attached hydrogen (secondary N) is 1. The molecular formula is C18H18N4O5S. The van der Waals surface area contributed by atoms with E-state index in [1.165, 1.54) is 31.2 Å². The van der Waals surface area contributed by atoms with Gasteiger partial charge in [-0.15, -0.1) is 0 Å². The molecular weight excluding hydrogens is 384 g/mol. The minimum Gasteiger partial charge on any atom is -0.496 e. The Kier molecular flexibility index (Phi) is 5.16. The van der Waals surface area contributed by atoms with Crippen LogP contribution in [0.3, 0.4) is 0 Å². The number of amides is 1. The molecule has 1 heterocycles. The van der Waals surface area contributed by atoms with Gasteiger partial charge in [0.05, 0.1) is 35.0 Å². The van der Waals surface area contributed by atoms with E-state index in [1.54, 1.807) is 24.3 Å². The number of nitrogens with two attached hydrogens (primary N) is 1. The van der Waals surface area contributed by atoms with Gasteiger partial charge in [-0.05, 0) is 30.3 Å². The highest BCUT2D eigenvalue weighted by Crippen LogP contribution is 2.23. The van der Waals surface area contributed by atoms with Crippen LogP contribution in [-0.4, -0.2) is 43.4 Å². The first kappa shape index (κ1) is 19.5. The van der Waals surface area contributed by atoms with Crippen molar-refractivity contribution in [3.8, 4) is 5.75 Å². The number of sulfonamides is 1. The summed E-state index contributed by atoms with van der Waals surface area (Å²) >= 11 is 0. The van der Waals surface area contributed by atoms with Crippen LogP contribution >= 0.6 is 0 Å². The van der Waals surface area contributed by atoms with E-state index in [0.29, 0.717) is 16.7 Å². The van der Waals surface area contributed by atoms with E-state index in [9.17, 15) is 18.0 Å². The van der Waals surface area contributed by atoms with Gasteiger partial charge in [-0.25, -0.2) is 18.5 Å². The fraction of sp³-hybridized carbons (Fsp3) is 0.167. The molecule has 0 atom stereocenters. The maximum Gasteiger partial charge on any atom is 0.258 e. The van der Waals surface area contributed by atoms with Gasteiger partial charge in [0.2, 0.25) is 10.0 Å². The number of carbonyl (C=O) groups is 1. The van der Waals surface area contributed by atoms with Crippen molar-refractivity contribution in [3.63, 3.8) is 0 Å². The maximum atomic E-state index is 12.8. The van der Waals surface area contributed by atoms with Gasteiger partial charge >= 0.3 is 0 Å². The zero-order chi connectivity index (χ0) is 20.5. The van der Waals surface area contributed by atoms with Gasteiger partial charge < -0.3 is 14.6 Å². The smallest absolute Gasteiger partial charge is 0.258 e. The lowest BCUT2D eigenvalue weighted by atomic mass is 10.1. The van der Waals surface area contributed by atoms with Crippen LogP contribution in [0.5, 0.6) is 5.75 Å². The summed E-state index contributed by atoms with van der Waals surface area (Å²) in [5.41, 5.74) is 0.228. The fourth-order valence-corrected chi connectivity index (χ4v) is 3.28. The third-order valence-corrected chi connectivity index (χ3v) is 5.04. The molecule has 9 nitrogen and oxygen atoms in total. The lowest BCUT2D eigenvalue weighted by Gasteiger charge is -2.18. The van der Waals surface area contributed by atoms with Crippen LogP contribution in [0.4, 0.5) is 0 Å². The number of rotatable bonds is 5. The average Bonchev–Trinajstić information content (AvgIpc) is 2.66. The second-order valence-corrected chi connectivity index (χ2v) is 7.66. The molecule has 0 aliphatic rings. The summed E-state index contributed by atoms with van der Waals surface area (Å²) in [4.78, 5) is 33.1. The SMILES string of the molecule is COc1ccc(S(N)(=O)=O)cc1C(=O)N(C)Cc1nc2ccccc2c(=O)[nH]1. The van der Waals surface area contributed by atoms with Gasteiger partial charge in [0.25, 0.3) is 11.5 Å². The number of benzene rings is 2. The molecule has 0 unspecified atom stereocenters. The number of hydrogen-bond donors (Lipinski definition) is 2. The number of ether oxygens (including phenoxy) is 1. The summed E-state index contributed by atoms with van der Waals surface area (Å²) in [5.74, 6) is -0.0245. The number of fused-ring (bicyclic) bond motifs is 1. The molecule has 2 aromatic carbocycles.